The zero-order valence-corrected chi connectivity index (χ0v) is 12.7. The summed E-state index contributed by atoms with van der Waals surface area (Å²) < 4.78 is -3.50. The molecule has 16 heavy (non-hydrogen) atoms. The molecule has 1 heterocycles. The first-order chi connectivity index (χ1) is 7.09. The molecular formula is C8H12Cl5N3. The fourth-order valence-electron chi connectivity index (χ4n) is 1.59. The SMILES string of the molecule is CC(C)C1N(C)N=CN1C(Cl)(Cl)C(Cl)(Cl)Cl. The topological polar surface area (TPSA) is 18.8 Å². The van der Waals surface area contributed by atoms with Crippen LogP contribution in [-0.2, 0) is 0 Å². The Morgan fingerprint density at radius 3 is 2.06 bits per heavy atom. The third-order valence-corrected chi connectivity index (χ3v) is 4.65. The van der Waals surface area contributed by atoms with Gasteiger partial charge in [-0.05, 0) is 5.92 Å². The number of hydrogen-bond acceptors (Lipinski definition) is 3. The Bertz CT molecular complexity index is 286. The van der Waals surface area contributed by atoms with E-state index in [2.05, 4.69) is 5.10 Å². The van der Waals surface area contributed by atoms with Gasteiger partial charge in [0.2, 0.25) is 8.25 Å². The maximum atomic E-state index is 6.10. The summed E-state index contributed by atoms with van der Waals surface area (Å²) in [5, 5.41) is 5.81. The number of hydrazone groups is 1. The van der Waals surface area contributed by atoms with E-state index in [1.54, 1.807) is 5.01 Å². The second-order valence-electron chi connectivity index (χ2n) is 3.91. The van der Waals surface area contributed by atoms with Crippen molar-refractivity contribution in [3.05, 3.63) is 0 Å². The monoisotopic (exact) mass is 325 g/mol. The van der Waals surface area contributed by atoms with Crippen molar-refractivity contribution in [1.82, 2.24) is 9.91 Å². The van der Waals surface area contributed by atoms with Gasteiger partial charge in [-0.25, -0.2) is 0 Å². The van der Waals surface area contributed by atoms with Crippen LogP contribution in [0.4, 0.5) is 0 Å². The molecule has 0 fully saturated rings. The first-order valence-electron chi connectivity index (χ1n) is 4.59. The summed E-state index contributed by atoms with van der Waals surface area (Å²) in [5.74, 6) is 0.219. The third kappa shape index (κ3) is 2.59. The van der Waals surface area contributed by atoms with Crippen molar-refractivity contribution in [1.29, 1.82) is 0 Å². The van der Waals surface area contributed by atoms with Crippen molar-refractivity contribution >= 4 is 64.3 Å². The van der Waals surface area contributed by atoms with E-state index in [4.69, 9.17) is 58.0 Å². The second-order valence-corrected chi connectivity index (χ2v) is 7.48. The van der Waals surface area contributed by atoms with Crippen molar-refractivity contribution in [3.63, 3.8) is 0 Å². The first-order valence-corrected chi connectivity index (χ1v) is 6.48. The van der Waals surface area contributed by atoms with E-state index >= 15 is 0 Å². The Labute approximate surface area is 120 Å². The molecule has 0 saturated carbocycles. The largest absolute Gasteiger partial charge is 0.304 e. The van der Waals surface area contributed by atoms with E-state index in [0.717, 1.165) is 0 Å². The Hall–Kier alpha value is 0.720. The quantitative estimate of drug-likeness (QED) is 0.569. The molecule has 8 heteroatoms. The molecule has 0 bridgehead atoms. The van der Waals surface area contributed by atoms with Gasteiger partial charge in [0.15, 0.2) is 0 Å². The summed E-state index contributed by atoms with van der Waals surface area (Å²) >= 11 is 29.5. The highest BCUT2D eigenvalue weighted by atomic mass is 35.6. The highest BCUT2D eigenvalue weighted by Gasteiger charge is 2.54. The molecule has 1 rings (SSSR count). The van der Waals surface area contributed by atoms with Gasteiger partial charge in [-0.15, -0.1) is 0 Å². The van der Waals surface area contributed by atoms with Crippen molar-refractivity contribution in [2.75, 3.05) is 7.05 Å². The average Bonchev–Trinajstić information content (AvgIpc) is 2.45. The van der Waals surface area contributed by atoms with E-state index in [1.165, 1.54) is 11.2 Å². The highest BCUT2D eigenvalue weighted by molar-refractivity contribution is 6.75. The van der Waals surface area contributed by atoms with Crippen LogP contribution in [0.2, 0.25) is 0 Å². The number of rotatable bonds is 2. The fraction of sp³-hybridized carbons (Fsp3) is 0.875. The highest BCUT2D eigenvalue weighted by Crippen LogP contribution is 2.49. The van der Waals surface area contributed by atoms with Crippen molar-refractivity contribution in [2.24, 2.45) is 11.0 Å². The molecule has 0 saturated heterocycles. The third-order valence-electron chi connectivity index (χ3n) is 2.29. The molecule has 0 aromatic carbocycles. The van der Waals surface area contributed by atoms with Gasteiger partial charge in [-0.3, -0.25) is 5.01 Å². The Kier molecular flexibility index (Phi) is 4.41. The standard InChI is InChI=1S/C8H12Cl5N3/c1-5(2)6-15(3)14-4-16(6)8(12,13)7(9,10)11/h4-6H,1-3H3. The van der Waals surface area contributed by atoms with E-state index in [1.807, 2.05) is 20.9 Å². The minimum atomic E-state index is -1.83. The minimum Gasteiger partial charge on any atom is -0.304 e. The van der Waals surface area contributed by atoms with Gasteiger partial charge in [0, 0.05) is 7.05 Å². The second kappa shape index (κ2) is 4.77. The van der Waals surface area contributed by atoms with Crippen molar-refractivity contribution in [2.45, 2.75) is 28.3 Å². The van der Waals surface area contributed by atoms with Crippen LogP contribution < -0.4 is 0 Å². The zero-order chi connectivity index (χ0) is 12.7. The van der Waals surface area contributed by atoms with Gasteiger partial charge in [0.1, 0.15) is 12.5 Å². The molecule has 3 nitrogen and oxygen atoms in total. The van der Waals surface area contributed by atoms with Gasteiger partial charge in [0.05, 0.1) is 0 Å². The molecule has 0 spiro atoms. The predicted molar refractivity (Wildman–Crippen MR) is 71.4 cm³/mol. The van der Waals surface area contributed by atoms with Crippen molar-refractivity contribution in [3.8, 4) is 0 Å². The van der Waals surface area contributed by atoms with Crippen LogP contribution in [0.3, 0.4) is 0 Å². The molecule has 1 unspecified atom stereocenters. The van der Waals surface area contributed by atoms with Crippen LogP contribution in [0.15, 0.2) is 5.10 Å². The first kappa shape index (κ1) is 14.8. The summed E-state index contributed by atoms with van der Waals surface area (Å²) in [7, 11) is 1.81. The minimum absolute atomic E-state index is 0.148. The van der Waals surface area contributed by atoms with Crippen LogP contribution >= 0.6 is 58.0 Å². The molecule has 1 aliphatic rings. The van der Waals surface area contributed by atoms with Gasteiger partial charge >= 0.3 is 0 Å². The van der Waals surface area contributed by atoms with Crippen LogP contribution in [0.5, 0.6) is 0 Å². The maximum absolute atomic E-state index is 6.10. The molecule has 0 radical (unpaired) electrons. The molecule has 94 valence electrons. The summed E-state index contributed by atoms with van der Waals surface area (Å²) in [6.45, 7) is 4.01. The lowest BCUT2D eigenvalue weighted by atomic mass is 10.1. The molecule has 0 aromatic heterocycles. The van der Waals surface area contributed by atoms with Gasteiger partial charge in [-0.1, -0.05) is 71.9 Å². The number of nitrogens with zero attached hydrogens (tertiary/aromatic N) is 3. The normalized spacial score (nSPS) is 22.4. The summed E-state index contributed by atoms with van der Waals surface area (Å²) in [6.07, 6.45) is 1.33. The van der Waals surface area contributed by atoms with Crippen LogP contribution in [-0.4, -0.2) is 37.7 Å². The summed E-state index contributed by atoms with van der Waals surface area (Å²) in [6, 6.07) is 0. The van der Waals surface area contributed by atoms with Gasteiger partial charge in [-0.2, -0.15) is 5.10 Å². The lowest BCUT2D eigenvalue weighted by Gasteiger charge is -2.41. The number of alkyl halides is 5. The van der Waals surface area contributed by atoms with E-state index in [0.29, 0.717) is 0 Å². The zero-order valence-electron chi connectivity index (χ0n) is 8.96. The van der Waals surface area contributed by atoms with Crippen LogP contribution in [0.1, 0.15) is 13.8 Å². The lowest BCUT2D eigenvalue weighted by Crippen LogP contribution is -2.55. The van der Waals surface area contributed by atoms with Crippen molar-refractivity contribution < 1.29 is 0 Å². The average molecular weight is 327 g/mol. The Balaban J connectivity index is 3.00. The van der Waals surface area contributed by atoms with E-state index in [-0.39, 0.29) is 12.1 Å². The molecule has 0 aliphatic carbocycles. The van der Waals surface area contributed by atoms with E-state index in [9.17, 15) is 0 Å². The van der Waals surface area contributed by atoms with Gasteiger partial charge < -0.3 is 4.90 Å². The smallest absolute Gasteiger partial charge is 0.241 e. The van der Waals surface area contributed by atoms with Crippen LogP contribution in [0, 0.1) is 5.92 Å². The molecular weight excluding hydrogens is 315 g/mol. The predicted octanol–water partition coefficient (Wildman–Crippen LogP) is 3.66. The maximum Gasteiger partial charge on any atom is 0.241 e. The molecule has 0 amide bonds. The van der Waals surface area contributed by atoms with Crippen LogP contribution in [0.25, 0.3) is 0 Å². The Morgan fingerprint density at radius 1 is 1.19 bits per heavy atom. The molecule has 0 aromatic rings. The van der Waals surface area contributed by atoms with Gasteiger partial charge in [0.25, 0.3) is 0 Å². The number of hydrogen-bond donors (Lipinski definition) is 0. The fourth-order valence-corrected chi connectivity index (χ4v) is 2.17. The Morgan fingerprint density at radius 2 is 1.69 bits per heavy atom. The summed E-state index contributed by atoms with van der Waals surface area (Å²) in [4.78, 5) is 1.54. The number of halogens is 5. The molecule has 1 aliphatic heterocycles. The molecule has 1 atom stereocenters. The summed E-state index contributed by atoms with van der Waals surface area (Å²) in [5.41, 5.74) is 0. The molecule has 0 N–H and O–H groups in total. The lowest BCUT2D eigenvalue weighted by molar-refractivity contribution is 0.0960. The van der Waals surface area contributed by atoms with E-state index < -0.39 is 8.25 Å².